The summed E-state index contributed by atoms with van der Waals surface area (Å²) in [6.45, 7) is 9.56. The summed E-state index contributed by atoms with van der Waals surface area (Å²) < 4.78 is 16.8. The van der Waals surface area contributed by atoms with Crippen LogP contribution in [-0.4, -0.2) is 49.5 Å². The van der Waals surface area contributed by atoms with Crippen LogP contribution in [0.3, 0.4) is 0 Å². The molecular weight excluding hydrogens is 420 g/mol. The van der Waals surface area contributed by atoms with Gasteiger partial charge in [-0.25, -0.2) is 9.59 Å². The number of ether oxygens (including phenoxy) is 3. The van der Waals surface area contributed by atoms with Crippen molar-refractivity contribution < 1.29 is 23.8 Å². The molecule has 1 heterocycles. The van der Waals surface area contributed by atoms with E-state index in [0.29, 0.717) is 31.7 Å². The normalized spacial score (nSPS) is 18.5. The number of rotatable bonds is 7. The largest absolute Gasteiger partial charge is 0.456 e. The number of nitrogens with one attached hydrogen (secondary N) is 1. The average Bonchev–Trinajstić information content (AvgIpc) is 2.79. The number of piperidine rings is 1. The van der Waals surface area contributed by atoms with Gasteiger partial charge in [0, 0.05) is 25.4 Å². The number of hydrogen-bond acceptors (Lipinski definition) is 6. The van der Waals surface area contributed by atoms with Crippen LogP contribution in [0.5, 0.6) is 0 Å². The van der Waals surface area contributed by atoms with Gasteiger partial charge in [0.1, 0.15) is 12.2 Å². The van der Waals surface area contributed by atoms with E-state index in [1.165, 1.54) is 0 Å². The maximum Gasteiger partial charge on any atom is 0.407 e. The molecule has 0 spiro atoms. The van der Waals surface area contributed by atoms with Gasteiger partial charge in [-0.05, 0) is 57.9 Å². The molecule has 0 aliphatic carbocycles. The molecule has 1 saturated heterocycles. The molecule has 0 unspecified atom stereocenters. The second-order valence-electron chi connectivity index (χ2n) is 9.09. The molecule has 1 amide bonds. The first-order chi connectivity index (χ1) is 15.7. The van der Waals surface area contributed by atoms with E-state index < -0.39 is 11.7 Å². The molecule has 1 aliphatic rings. The zero-order valence-electron chi connectivity index (χ0n) is 19.9. The maximum absolute atomic E-state index is 12.5. The second-order valence-corrected chi connectivity index (χ2v) is 9.09. The van der Waals surface area contributed by atoms with Gasteiger partial charge in [-0.15, -0.1) is 0 Å². The van der Waals surface area contributed by atoms with Crippen LogP contribution in [0.15, 0.2) is 54.6 Å². The van der Waals surface area contributed by atoms with E-state index in [1.807, 2.05) is 76.2 Å². The summed E-state index contributed by atoms with van der Waals surface area (Å²) in [5.41, 5.74) is 1.83. The smallest absolute Gasteiger partial charge is 0.407 e. The van der Waals surface area contributed by atoms with Crippen molar-refractivity contribution >= 4 is 17.7 Å². The number of hydrogen-bond donors (Lipinski definition) is 1. The summed E-state index contributed by atoms with van der Waals surface area (Å²) >= 11 is 0. The van der Waals surface area contributed by atoms with E-state index in [1.54, 1.807) is 6.07 Å². The molecule has 2 atom stereocenters. The van der Waals surface area contributed by atoms with Crippen molar-refractivity contribution in [1.29, 1.82) is 0 Å². The lowest BCUT2D eigenvalue weighted by Crippen LogP contribution is -2.55. The number of anilines is 1. The van der Waals surface area contributed by atoms with E-state index in [0.717, 1.165) is 11.3 Å². The van der Waals surface area contributed by atoms with Gasteiger partial charge in [0.05, 0.1) is 17.7 Å². The Kier molecular flexibility index (Phi) is 8.33. The fourth-order valence-electron chi connectivity index (χ4n) is 3.78. The third kappa shape index (κ3) is 7.49. The Bertz CT molecular complexity index is 926. The van der Waals surface area contributed by atoms with Gasteiger partial charge in [-0.3, -0.25) is 0 Å². The van der Waals surface area contributed by atoms with Gasteiger partial charge in [0.2, 0.25) is 0 Å². The van der Waals surface area contributed by atoms with Crippen molar-refractivity contribution in [3.8, 4) is 0 Å². The first-order valence-electron chi connectivity index (χ1n) is 11.4. The van der Waals surface area contributed by atoms with Crippen LogP contribution in [0, 0.1) is 0 Å². The van der Waals surface area contributed by atoms with Crippen molar-refractivity contribution in [2.75, 3.05) is 24.6 Å². The van der Waals surface area contributed by atoms with E-state index >= 15 is 0 Å². The van der Waals surface area contributed by atoms with Gasteiger partial charge in [-0.2, -0.15) is 0 Å². The van der Waals surface area contributed by atoms with Gasteiger partial charge >= 0.3 is 12.1 Å². The molecule has 178 valence electrons. The molecule has 3 rings (SSSR count). The lowest BCUT2D eigenvalue weighted by atomic mass is 10.0. The van der Waals surface area contributed by atoms with Crippen LogP contribution in [0.25, 0.3) is 0 Å². The molecular formula is C26H34N2O5. The Balaban J connectivity index is 1.60. The zero-order valence-corrected chi connectivity index (χ0v) is 19.9. The molecule has 1 aliphatic heterocycles. The monoisotopic (exact) mass is 454 g/mol. The molecule has 0 aromatic heterocycles. The van der Waals surface area contributed by atoms with Crippen LogP contribution < -0.4 is 10.2 Å². The number of benzene rings is 2. The van der Waals surface area contributed by atoms with Gasteiger partial charge < -0.3 is 24.4 Å². The van der Waals surface area contributed by atoms with E-state index in [-0.39, 0.29) is 24.7 Å². The van der Waals surface area contributed by atoms with Gasteiger partial charge in [0.25, 0.3) is 0 Å². The van der Waals surface area contributed by atoms with Crippen LogP contribution in [-0.2, 0) is 20.8 Å². The molecule has 7 nitrogen and oxygen atoms in total. The second kappa shape index (κ2) is 11.2. The van der Waals surface area contributed by atoms with Crippen LogP contribution in [0.4, 0.5) is 10.5 Å². The fourth-order valence-corrected chi connectivity index (χ4v) is 3.78. The summed E-state index contributed by atoms with van der Waals surface area (Å²) in [5, 5.41) is 2.96. The van der Waals surface area contributed by atoms with E-state index in [4.69, 9.17) is 14.2 Å². The Morgan fingerprint density at radius 3 is 2.55 bits per heavy atom. The molecule has 1 fully saturated rings. The van der Waals surface area contributed by atoms with Crippen molar-refractivity contribution in [1.82, 2.24) is 5.32 Å². The minimum atomic E-state index is -0.549. The number of carbonyl (C=O) groups excluding carboxylic acids is 2. The summed E-state index contributed by atoms with van der Waals surface area (Å²) in [4.78, 5) is 27.0. The highest BCUT2D eigenvalue weighted by Crippen LogP contribution is 2.24. The molecule has 1 N–H and O–H groups in total. The Labute approximate surface area is 196 Å². The molecule has 0 radical (unpaired) electrons. The number of amides is 1. The summed E-state index contributed by atoms with van der Waals surface area (Å²) in [7, 11) is 0. The first kappa shape index (κ1) is 24.6. The van der Waals surface area contributed by atoms with E-state index in [9.17, 15) is 9.59 Å². The lowest BCUT2D eigenvalue weighted by molar-refractivity contribution is 0.00694. The van der Waals surface area contributed by atoms with Gasteiger partial charge in [-0.1, -0.05) is 36.4 Å². The topological polar surface area (TPSA) is 77.1 Å². The Morgan fingerprint density at radius 2 is 1.85 bits per heavy atom. The summed E-state index contributed by atoms with van der Waals surface area (Å²) in [5.74, 6) is -0.344. The lowest BCUT2D eigenvalue weighted by Gasteiger charge is -2.39. The highest BCUT2D eigenvalue weighted by Gasteiger charge is 2.32. The number of esters is 1. The quantitative estimate of drug-likeness (QED) is 0.619. The molecule has 33 heavy (non-hydrogen) atoms. The molecule has 7 heteroatoms. The van der Waals surface area contributed by atoms with Crippen LogP contribution >= 0.6 is 0 Å². The van der Waals surface area contributed by atoms with Gasteiger partial charge in [0.15, 0.2) is 0 Å². The van der Waals surface area contributed by atoms with Crippen molar-refractivity contribution in [2.24, 2.45) is 0 Å². The minimum absolute atomic E-state index is 0.154. The first-order valence-corrected chi connectivity index (χ1v) is 11.4. The zero-order chi connectivity index (χ0) is 23.8. The van der Waals surface area contributed by atoms with Crippen LogP contribution in [0.1, 0.15) is 50.0 Å². The third-order valence-corrected chi connectivity index (χ3v) is 5.30. The van der Waals surface area contributed by atoms with Crippen molar-refractivity contribution in [3.63, 3.8) is 0 Å². The summed E-state index contributed by atoms with van der Waals surface area (Å²) in [6.07, 6.45) is 0.0500. The van der Waals surface area contributed by atoms with E-state index in [2.05, 4.69) is 10.2 Å². The number of alkyl carbamates (subject to hydrolysis) is 1. The molecule has 2 aromatic carbocycles. The number of nitrogens with zero attached hydrogens (tertiary/aromatic N) is 1. The predicted molar refractivity (Wildman–Crippen MR) is 127 cm³/mol. The fraction of sp³-hybridized carbons (Fsp3) is 0.462. The molecule has 0 bridgehead atoms. The standard InChI is InChI=1S/C26H34N2O5/c1-5-31-23-17-28(21-13-9-12-20(16-21)24(29)33-26(2,3)4)15-14-22(23)27-25(30)32-18-19-10-7-6-8-11-19/h6-13,16,22-23H,5,14-15,17-18H2,1-4H3,(H,27,30)/t22-,23+/m0/s1. The third-order valence-electron chi connectivity index (χ3n) is 5.30. The molecule has 0 saturated carbocycles. The average molecular weight is 455 g/mol. The Hall–Kier alpha value is -3.06. The SMILES string of the molecule is CCO[C@@H]1CN(c2cccc(C(=O)OC(C)(C)C)c2)CC[C@@H]1NC(=O)OCc1ccccc1. The van der Waals surface area contributed by atoms with Crippen molar-refractivity contribution in [3.05, 3.63) is 65.7 Å². The van der Waals surface area contributed by atoms with Crippen LogP contribution in [0.2, 0.25) is 0 Å². The van der Waals surface area contributed by atoms with Crippen molar-refractivity contribution in [2.45, 2.75) is 58.5 Å². The predicted octanol–water partition coefficient (Wildman–Crippen LogP) is 4.55. The molecule has 2 aromatic rings. The highest BCUT2D eigenvalue weighted by molar-refractivity contribution is 5.90. The maximum atomic E-state index is 12.5. The highest BCUT2D eigenvalue weighted by atomic mass is 16.6. The summed E-state index contributed by atoms with van der Waals surface area (Å²) in [6, 6.07) is 16.9. The Morgan fingerprint density at radius 1 is 1.09 bits per heavy atom. The minimum Gasteiger partial charge on any atom is -0.456 e. The number of carbonyl (C=O) groups is 2.